The maximum absolute atomic E-state index is 13.4. The van der Waals surface area contributed by atoms with E-state index in [2.05, 4.69) is 63.1 Å². The molecule has 1 saturated heterocycles. The lowest BCUT2D eigenvalue weighted by Crippen LogP contribution is -2.40. The van der Waals surface area contributed by atoms with Crippen molar-refractivity contribution in [2.24, 2.45) is 11.8 Å². The molecule has 6 nitrogen and oxygen atoms in total. The molecule has 4 bridgehead atoms. The number of pyridine rings is 2. The second kappa shape index (κ2) is 9.84. The van der Waals surface area contributed by atoms with Crippen molar-refractivity contribution in [2.75, 3.05) is 16.8 Å². The monoisotopic (exact) mass is 493 g/mol. The normalized spacial score (nSPS) is 24.5. The average Bonchev–Trinajstić information content (AvgIpc) is 3.11. The van der Waals surface area contributed by atoms with Crippen LogP contribution in [0.1, 0.15) is 76.9 Å². The molecular formula is C28H39N5OS. The van der Waals surface area contributed by atoms with Gasteiger partial charge in [-0.2, -0.15) is 0 Å². The summed E-state index contributed by atoms with van der Waals surface area (Å²) in [5, 5.41) is 4.36. The molecule has 1 fully saturated rings. The standard InChI is InChI=1S/C28H39N5OS/c1-8-10-20-15-18(2)19-16-28(6,7)33(17-19)25-21(13-14-22(30-25)27(3,4)5)26(34)32-35-24-12-9-11-23(29-20)31-24/h8-9,11-14,18-20H,1,10,15-17H2,2-7H3,(H,29,31)(H,32,34)/t18-,19-,20?/m0/s1. The first-order chi connectivity index (χ1) is 16.5. The lowest BCUT2D eigenvalue weighted by Gasteiger charge is -2.34. The van der Waals surface area contributed by atoms with Crippen LogP contribution in [0, 0.1) is 11.8 Å². The lowest BCUT2D eigenvalue weighted by molar-refractivity contribution is 0.0984. The van der Waals surface area contributed by atoms with E-state index in [0.717, 1.165) is 48.2 Å². The third-order valence-corrected chi connectivity index (χ3v) is 8.01. The summed E-state index contributed by atoms with van der Waals surface area (Å²) in [5.41, 5.74) is 1.39. The molecular weight excluding hydrogens is 454 g/mol. The molecule has 3 atom stereocenters. The maximum Gasteiger partial charge on any atom is 0.265 e. The number of anilines is 2. The van der Waals surface area contributed by atoms with Gasteiger partial charge in [0.15, 0.2) is 0 Å². The van der Waals surface area contributed by atoms with Crippen LogP contribution in [0.5, 0.6) is 0 Å². The summed E-state index contributed by atoms with van der Waals surface area (Å²) in [6, 6.07) is 10.1. The van der Waals surface area contributed by atoms with Gasteiger partial charge in [-0.1, -0.05) is 39.8 Å². The third kappa shape index (κ3) is 5.66. The molecule has 0 spiro atoms. The Morgan fingerprint density at radius 3 is 2.71 bits per heavy atom. The van der Waals surface area contributed by atoms with Gasteiger partial charge >= 0.3 is 0 Å². The third-order valence-electron chi connectivity index (χ3n) is 7.29. The first kappa shape index (κ1) is 25.5. The van der Waals surface area contributed by atoms with Crippen LogP contribution in [-0.4, -0.2) is 34.0 Å². The van der Waals surface area contributed by atoms with E-state index in [1.807, 2.05) is 36.4 Å². The fourth-order valence-corrected chi connectivity index (χ4v) is 5.87. The summed E-state index contributed by atoms with van der Waals surface area (Å²) in [5.74, 6) is 2.44. The number of nitrogens with one attached hydrogen (secondary N) is 2. The molecule has 188 valence electrons. The van der Waals surface area contributed by atoms with E-state index in [1.54, 1.807) is 0 Å². The number of fused-ring (bicyclic) bond motifs is 6. The minimum atomic E-state index is -0.148. The summed E-state index contributed by atoms with van der Waals surface area (Å²) in [6.45, 7) is 18.3. The van der Waals surface area contributed by atoms with Crippen molar-refractivity contribution in [1.82, 2.24) is 14.7 Å². The van der Waals surface area contributed by atoms with E-state index in [9.17, 15) is 4.79 Å². The average molecular weight is 494 g/mol. The van der Waals surface area contributed by atoms with Crippen molar-refractivity contribution in [1.29, 1.82) is 0 Å². The predicted octanol–water partition coefficient (Wildman–Crippen LogP) is 6.21. The zero-order valence-electron chi connectivity index (χ0n) is 21.9. The van der Waals surface area contributed by atoms with E-state index >= 15 is 0 Å². The fraction of sp³-hybridized carbons (Fsp3) is 0.536. The van der Waals surface area contributed by atoms with Crippen LogP contribution in [0.3, 0.4) is 0 Å². The quantitative estimate of drug-likeness (QED) is 0.383. The fourth-order valence-electron chi connectivity index (χ4n) is 5.27. The smallest absolute Gasteiger partial charge is 0.265 e. The van der Waals surface area contributed by atoms with Crippen molar-refractivity contribution < 1.29 is 4.79 Å². The highest BCUT2D eigenvalue weighted by molar-refractivity contribution is 7.97. The first-order valence-corrected chi connectivity index (χ1v) is 13.4. The molecule has 0 radical (unpaired) electrons. The molecule has 2 aromatic rings. The van der Waals surface area contributed by atoms with Gasteiger partial charge in [0.2, 0.25) is 0 Å². The Hall–Kier alpha value is -2.54. The van der Waals surface area contributed by atoms with E-state index in [1.165, 1.54) is 11.9 Å². The SMILES string of the molecule is C=CCC1C[C@H](C)[C@@H]2CN(c3nc(C(C)(C)C)ccc3C(=O)NSc3cccc(n3)N1)C(C)(C)C2. The Morgan fingerprint density at radius 2 is 2.00 bits per heavy atom. The Bertz CT molecular complexity index is 1090. The summed E-state index contributed by atoms with van der Waals surface area (Å²) < 4.78 is 3.01. The molecule has 2 aliphatic heterocycles. The molecule has 2 aliphatic rings. The highest BCUT2D eigenvalue weighted by Gasteiger charge is 2.43. The molecule has 1 unspecified atom stereocenters. The highest BCUT2D eigenvalue weighted by atomic mass is 32.2. The van der Waals surface area contributed by atoms with Crippen LogP contribution in [0.25, 0.3) is 0 Å². The summed E-state index contributed by atoms with van der Waals surface area (Å²) in [6.07, 6.45) is 4.94. The Kier molecular flexibility index (Phi) is 7.18. The number of amides is 1. The molecule has 7 heteroatoms. The van der Waals surface area contributed by atoms with E-state index in [0.29, 0.717) is 17.4 Å². The zero-order valence-corrected chi connectivity index (χ0v) is 22.7. The van der Waals surface area contributed by atoms with Gasteiger partial charge in [-0.15, -0.1) is 6.58 Å². The molecule has 4 heterocycles. The van der Waals surface area contributed by atoms with Gasteiger partial charge in [0.25, 0.3) is 5.91 Å². The molecule has 2 aromatic heterocycles. The number of hydrogen-bond acceptors (Lipinski definition) is 6. The van der Waals surface area contributed by atoms with E-state index < -0.39 is 0 Å². The topological polar surface area (TPSA) is 70.2 Å². The van der Waals surface area contributed by atoms with Gasteiger partial charge in [0.1, 0.15) is 16.7 Å². The largest absolute Gasteiger partial charge is 0.367 e. The number of carbonyl (C=O) groups excluding carboxylic acids is 1. The van der Waals surface area contributed by atoms with Crippen molar-refractivity contribution in [3.05, 3.63) is 54.2 Å². The molecule has 4 rings (SSSR count). The molecule has 1 amide bonds. The minimum Gasteiger partial charge on any atom is -0.367 e. The first-order valence-electron chi connectivity index (χ1n) is 12.6. The number of hydrogen-bond donors (Lipinski definition) is 2. The summed E-state index contributed by atoms with van der Waals surface area (Å²) in [7, 11) is 0. The van der Waals surface area contributed by atoms with Crippen LogP contribution in [0.2, 0.25) is 0 Å². The van der Waals surface area contributed by atoms with E-state index in [-0.39, 0.29) is 22.9 Å². The van der Waals surface area contributed by atoms with E-state index in [4.69, 9.17) is 9.97 Å². The maximum atomic E-state index is 13.4. The predicted molar refractivity (Wildman–Crippen MR) is 146 cm³/mol. The Balaban J connectivity index is 1.79. The van der Waals surface area contributed by atoms with Crippen molar-refractivity contribution in [2.45, 2.75) is 82.8 Å². The van der Waals surface area contributed by atoms with Crippen LogP contribution >= 0.6 is 11.9 Å². The van der Waals surface area contributed by atoms with Crippen LogP contribution in [-0.2, 0) is 5.41 Å². The van der Waals surface area contributed by atoms with Crippen molar-refractivity contribution in [3.63, 3.8) is 0 Å². The lowest BCUT2D eigenvalue weighted by atomic mass is 9.83. The number of aromatic nitrogens is 2. The van der Waals surface area contributed by atoms with Crippen LogP contribution in [0.15, 0.2) is 48.0 Å². The van der Waals surface area contributed by atoms with Gasteiger partial charge < -0.3 is 10.2 Å². The van der Waals surface area contributed by atoms with Crippen molar-refractivity contribution >= 4 is 29.5 Å². The summed E-state index contributed by atoms with van der Waals surface area (Å²) in [4.78, 5) is 25.6. The van der Waals surface area contributed by atoms with Gasteiger partial charge in [0, 0.05) is 41.2 Å². The minimum absolute atomic E-state index is 0.102. The molecule has 0 saturated carbocycles. The van der Waals surface area contributed by atoms with Gasteiger partial charge in [0.05, 0.1) is 5.56 Å². The Labute approximate surface area is 214 Å². The molecule has 0 aromatic carbocycles. The van der Waals surface area contributed by atoms with Crippen LogP contribution in [0.4, 0.5) is 11.6 Å². The van der Waals surface area contributed by atoms with Crippen molar-refractivity contribution in [3.8, 4) is 0 Å². The molecule has 2 N–H and O–H groups in total. The number of nitrogens with zero attached hydrogens (tertiary/aromatic N) is 3. The van der Waals surface area contributed by atoms with Gasteiger partial charge in [-0.3, -0.25) is 9.52 Å². The second-order valence-electron chi connectivity index (χ2n) is 11.7. The zero-order chi connectivity index (χ0) is 25.4. The van der Waals surface area contributed by atoms with Crippen LogP contribution < -0.4 is 14.9 Å². The second-order valence-corrected chi connectivity index (χ2v) is 12.5. The molecule has 35 heavy (non-hydrogen) atoms. The van der Waals surface area contributed by atoms with Gasteiger partial charge in [-0.05, 0) is 69.2 Å². The molecule has 0 aliphatic carbocycles. The number of rotatable bonds is 2. The number of carbonyl (C=O) groups is 1. The highest BCUT2D eigenvalue weighted by Crippen LogP contribution is 2.42. The Morgan fingerprint density at radius 1 is 1.23 bits per heavy atom. The summed E-state index contributed by atoms with van der Waals surface area (Å²) >= 11 is 1.24. The van der Waals surface area contributed by atoms with Gasteiger partial charge in [-0.25, -0.2) is 9.97 Å².